The van der Waals surface area contributed by atoms with Crippen molar-refractivity contribution in [2.24, 2.45) is 13.0 Å². The zero-order valence-electron chi connectivity index (χ0n) is 20.9. The molecule has 2 N–H and O–H groups in total. The first-order valence-electron chi connectivity index (χ1n) is 12.9. The van der Waals surface area contributed by atoms with Crippen LogP contribution in [0, 0.1) is 17.2 Å². The van der Waals surface area contributed by atoms with Crippen LogP contribution in [0.2, 0.25) is 0 Å². The van der Waals surface area contributed by atoms with Gasteiger partial charge >= 0.3 is 6.03 Å². The Labute approximate surface area is 216 Å². The zero-order chi connectivity index (χ0) is 25.4. The Hall–Kier alpha value is -4.15. The van der Waals surface area contributed by atoms with Gasteiger partial charge in [0.25, 0.3) is 0 Å². The van der Waals surface area contributed by atoms with Gasteiger partial charge in [0.05, 0.1) is 17.3 Å². The molecule has 3 fully saturated rings. The predicted octanol–water partition coefficient (Wildman–Crippen LogP) is 5.11. The lowest BCUT2D eigenvalue weighted by molar-refractivity contribution is 0.0296. The highest BCUT2D eigenvalue weighted by atomic mass is 16.2. The lowest BCUT2D eigenvalue weighted by Gasteiger charge is -2.49. The highest BCUT2D eigenvalue weighted by Crippen LogP contribution is 2.42. The Balaban J connectivity index is 1.11. The topological polar surface area (TPSA) is 86.0 Å². The number of nitrogens with zero attached hydrogens (tertiary/aromatic N) is 4. The van der Waals surface area contributed by atoms with E-state index in [1.165, 1.54) is 22.9 Å². The van der Waals surface area contributed by atoms with Crippen LogP contribution in [-0.4, -0.2) is 46.4 Å². The molecule has 2 amide bonds. The van der Waals surface area contributed by atoms with Gasteiger partial charge in [-0.15, -0.1) is 0 Å². The molecule has 0 radical (unpaired) electrons. The summed E-state index contributed by atoms with van der Waals surface area (Å²) < 4.78 is 2.06. The maximum absolute atomic E-state index is 12.5. The second-order valence-electron chi connectivity index (χ2n) is 10.2. The molecular formula is C30H30N6O. The minimum absolute atomic E-state index is 0.235. The number of benzene rings is 3. The van der Waals surface area contributed by atoms with Crippen molar-refractivity contribution in [3.05, 3.63) is 84.1 Å². The van der Waals surface area contributed by atoms with Gasteiger partial charge in [-0.1, -0.05) is 42.5 Å². The van der Waals surface area contributed by atoms with Gasteiger partial charge in [0, 0.05) is 49.0 Å². The number of hydrogen-bond acceptors (Lipinski definition) is 4. The first kappa shape index (κ1) is 23.3. The van der Waals surface area contributed by atoms with E-state index in [9.17, 15) is 4.79 Å². The molecule has 7 nitrogen and oxygen atoms in total. The third kappa shape index (κ3) is 4.68. The fraction of sp³-hybridized carbons (Fsp3) is 0.300. The quantitative estimate of drug-likeness (QED) is 0.407. The normalized spacial score (nSPS) is 22.5. The molecule has 3 aliphatic heterocycles. The second-order valence-corrected chi connectivity index (χ2v) is 10.2. The minimum atomic E-state index is -0.235. The summed E-state index contributed by atoms with van der Waals surface area (Å²) in [6.45, 7) is 2.66. The maximum Gasteiger partial charge on any atom is 0.319 e. The van der Waals surface area contributed by atoms with E-state index >= 15 is 0 Å². The highest BCUT2D eigenvalue weighted by Gasteiger charge is 2.41. The van der Waals surface area contributed by atoms with E-state index in [0.717, 1.165) is 30.8 Å². The molecule has 2 bridgehead atoms. The van der Waals surface area contributed by atoms with E-state index in [1.807, 2.05) is 0 Å². The smallest absolute Gasteiger partial charge is 0.319 e. The van der Waals surface area contributed by atoms with E-state index in [1.54, 1.807) is 24.3 Å². The van der Waals surface area contributed by atoms with E-state index < -0.39 is 0 Å². The number of rotatable bonds is 5. The van der Waals surface area contributed by atoms with E-state index in [-0.39, 0.29) is 6.03 Å². The van der Waals surface area contributed by atoms with E-state index in [0.29, 0.717) is 35.7 Å². The van der Waals surface area contributed by atoms with E-state index in [4.69, 9.17) is 10.4 Å². The number of hydrogen-bond donors (Lipinski definition) is 2. The molecule has 0 saturated carbocycles. The number of amides is 2. The van der Waals surface area contributed by atoms with Crippen molar-refractivity contribution in [2.45, 2.75) is 24.8 Å². The molecule has 186 valence electrons. The molecule has 0 spiro atoms. The third-order valence-corrected chi connectivity index (χ3v) is 7.97. The third-order valence-electron chi connectivity index (χ3n) is 7.97. The van der Waals surface area contributed by atoms with Gasteiger partial charge in [-0.2, -0.15) is 10.4 Å². The largest absolute Gasteiger partial charge is 0.336 e. The van der Waals surface area contributed by atoms with Crippen molar-refractivity contribution in [1.29, 1.82) is 5.26 Å². The Morgan fingerprint density at radius 2 is 1.95 bits per heavy atom. The number of anilines is 1. The summed E-state index contributed by atoms with van der Waals surface area (Å²) in [5.74, 6) is 1.02. The SMILES string of the molecule is Cn1nc(-c2ccc3ccccc3c2)cc1[C@H]1CN2CC[C@H]1C[C@@H]2CNC(=O)Nc1cccc(C#N)c1. The maximum atomic E-state index is 12.5. The molecule has 7 heteroatoms. The van der Waals surface area contributed by atoms with Gasteiger partial charge in [0.15, 0.2) is 0 Å². The molecule has 3 aromatic carbocycles. The van der Waals surface area contributed by atoms with Crippen LogP contribution in [0.3, 0.4) is 0 Å². The summed E-state index contributed by atoms with van der Waals surface area (Å²) in [5, 5.41) is 22.3. The lowest BCUT2D eigenvalue weighted by Crippen LogP contribution is -2.56. The summed E-state index contributed by atoms with van der Waals surface area (Å²) >= 11 is 0. The molecule has 3 aliphatic rings. The number of carbonyl (C=O) groups excluding carboxylic acids is 1. The van der Waals surface area contributed by atoms with Crippen LogP contribution < -0.4 is 10.6 Å². The fourth-order valence-electron chi connectivity index (χ4n) is 6.06. The van der Waals surface area contributed by atoms with Gasteiger partial charge in [-0.25, -0.2) is 4.79 Å². The number of aryl methyl sites for hydroxylation is 1. The number of nitriles is 1. The molecule has 4 heterocycles. The molecule has 4 atom stereocenters. The van der Waals surface area contributed by atoms with Crippen molar-refractivity contribution in [3.63, 3.8) is 0 Å². The summed E-state index contributed by atoms with van der Waals surface area (Å²) in [7, 11) is 2.06. The molecule has 0 aliphatic carbocycles. The molecule has 7 rings (SSSR count). The van der Waals surface area contributed by atoms with Gasteiger partial charge in [-0.3, -0.25) is 9.58 Å². The number of fused-ring (bicyclic) bond motifs is 4. The second kappa shape index (κ2) is 9.72. The van der Waals surface area contributed by atoms with E-state index in [2.05, 4.69) is 81.9 Å². The Bertz CT molecular complexity index is 1500. The van der Waals surface area contributed by atoms with Crippen LogP contribution in [0.1, 0.15) is 30.0 Å². The Morgan fingerprint density at radius 3 is 2.76 bits per heavy atom. The van der Waals surface area contributed by atoms with Crippen molar-refractivity contribution in [3.8, 4) is 17.3 Å². The average molecular weight is 491 g/mol. The van der Waals surface area contributed by atoms with Crippen LogP contribution >= 0.6 is 0 Å². The molecule has 3 saturated heterocycles. The van der Waals surface area contributed by atoms with Crippen LogP contribution in [0.25, 0.3) is 22.0 Å². The van der Waals surface area contributed by atoms with Crippen LogP contribution in [0.5, 0.6) is 0 Å². The zero-order valence-corrected chi connectivity index (χ0v) is 20.9. The summed E-state index contributed by atoms with van der Waals surface area (Å²) in [6.07, 6.45) is 2.23. The van der Waals surface area contributed by atoms with Gasteiger partial charge in [0.2, 0.25) is 0 Å². The molecule has 1 aromatic heterocycles. The van der Waals surface area contributed by atoms with Crippen LogP contribution in [-0.2, 0) is 7.05 Å². The monoisotopic (exact) mass is 490 g/mol. The summed E-state index contributed by atoms with van der Waals surface area (Å²) in [6, 6.07) is 26.4. The number of aromatic nitrogens is 2. The van der Waals surface area contributed by atoms with Gasteiger partial charge < -0.3 is 10.6 Å². The lowest BCUT2D eigenvalue weighted by atomic mass is 9.74. The minimum Gasteiger partial charge on any atom is -0.336 e. The van der Waals surface area contributed by atoms with Crippen molar-refractivity contribution >= 4 is 22.5 Å². The molecular weight excluding hydrogens is 460 g/mol. The molecule has 1 unspecified atom stereocenters. The van der Waals surface area contributed by atoms with Crippen LogP contribution in [0.15, 0.2) is 72.8 Å². The number of piperidine rings is 3. The van der Waals surface area contributed by atoms with Gasteiger partial charge in [-0.05, 0) is 66.4 Å². The van der Waals surface area contributed by atoms with Crippen molar-refractivity contribution in [1.82, 2.24) is 20.0 Å². The van der Waals surface area contributed by atoms with Gasteiger partial charge in [0.1, 0.15) is 0 Å². The molecule has 37 heavy (non-hydrogen) atoms. The first-order chi connectivity index (χ1) is 18.1. The standard InChI is InChI=1S/C30H30N6O/c1-35-29(16-28(34-35)24-10-9-21-6-2-3-7-22(21)14-24)27-19-36-12-11-23(27)15-26(36)18-32-30(37)33-25-8-4-5-20(13-25)17-31/h2-10,13-14,16,23,26-27H,11-12,15,18-19H2,1H3,(H2,32,33,37)/t23-,26+,27-/m0/s1. The Morgan fingerprint density at radius 1 is 1.08 bits per heavy atom. The molecule has 4 aromatic rings. The van der Waals surface area contributed by atoms with Crippen molar-refractivity contribution < 1.29 is 4.79 Å². The number of urea groups is 1. The number of carbonyl (C=O) groups is 1. The number of nitrogens with one attached hydrogen (secondary N) is 2. The summed E-state index contributed by atoms with van der Waals surface area (Å²) in [5.41, 5.74) is 4.61. The van der Waals surface area contributed by atoms with Crippen LogP contribution in [0.4, 0.5) is 10.5 Å². The summed E-state index contributed by atoms with van der Waals surface area (Å²) in [4.78, 5) is 15.0. The average Bonchev–Trinajstić information content (AvgIpc) is 3.33. The predicted molar refractivity (Wildman–Crippen MR) is 145 cm³/mol. The van der Waals surface area contributed by atoms with Crippen molar-refractivity contribution in [2.75, 3.05) is 25.0 Å². The first-order valence-corrected chi connectivity index (χ1v) is 12.9. The highest BCUT2D eigenvalue weighted by molar-refractivity contribution is 5.89. The Kier molecular flexibility index (Phi) is 6.11. The fourth-order valence-corrected chi connectivity index (χ4v) is 6.06.